The van der Waals surface area contributed by atoms with Gasteiger partial charge in [-0.05, 0) is 43.9 Å². The van der Waals surface area contributed by atoms with Gasteiger partial charge >= 0.3 is 12.0 Å². The molecule has 102 valence electrons. The summed E-state index contributed by atoms with van der Waals surface area (Å²) >= 11 is 0. The second kappa shape index (κ2) is 5.17. The Balaban J connectivity index is 2.00. The van der Waals surface area contributed by atoms with Crippen LogP contribution in [0.3, 0.4) is 0 Å². The lowest BCUT2D eigenvalue weighted by molar-refractivity contribution is 0.0693. The van der Waals surface area contributed by atoms with Crippen molar-refractivity contribution in [2.75, 3.05) is 5.32 Å². The van der Waals surface area contributed by atoms with E-state index in [4.69, 9.17) is 5.11 Å². The summed E-state index contributed by atoms with van der Waals surface area (Å²) < 4.78 is 0. The second-order valence-electron chi connectivity index (χ2n) is 4.76. The van der Waals surface area contributed by atoms with Gasteiger partial charge in [-0.15, -0.1) is 0 Å². The van der Waals surface area contributed by atoms with E-state index >= 15 is 0 Å². The van der Waals surface area contributed by atoms with E-state index in [-0.39, 0.29) is 23.4 Å². The Bertz CT molecular complexity index is 511. The van der Waals surface area contributed by atoms with Crippen molar-refractivity contribution in [3.63, 3.8) is 0 Å². The minimum Gasteiger partial charge on any atom is -0.507 e. The smallest absolute Gasteiger partial charge is 0.339 e. The average molecular weight is 264 g/mol. The number of hydrogen-bond donors (Lipinski definition) is 4. The van der Waals surface area contributed by atoms with Crippen molar-refractivity contribution < 1.29 is 19.8 Å². The molecule has 2 rings (SSSR count). The third-order valence-corrected chi connectivity index (χ3v) is 3.17. The molecule has 2 amide bonds. The molecule has 0 aromatic heterocycles. The van der Waals surface area contributed by atoms with Crippen LogP contribution in [0.4, 0.5) is 10.5 Å². The van der Waals surface area contributed by atoms with E-state index in [0.717, 1.165) is 12.8 Å². The maximum absolute atomic E-state index is 11.7. The number of nitrogens with one attached hydrogen (secondary N) is 2. The number of aromatic carboxylic acids is 1. The Morgan fingerprint density at radius 2 is 2.05 bits per heavy atom. The zero-order valence-corrected chi connectivity index (χ0v) is 10.5. The number of phenols is 1. The summed E-state index contributed by atoms with van der Waals surface area (Å²) in [5, 5.41) is 23.6. The minimum absolute atomic E-state index is 0.107. The molecule has 0 heterocycles. The molecular formula is C13H16N2O4. The van der Waals surface area contributed by atoms with E-state index in [9.17, 15) is 14.7 Å². The summed E-state index contributed by atoms with van der Waals surface area (Å²) in [6.45, 7) is 1.94. The first-order valence-electron chi connectivity index (χ1n) is 6.11. The lowest BCUT2D eigenvalue weighted by atomic mass is 10.2. The second-order valence-corrected chi connectivity index (χ2v) is 4.76. The number of amides is 2. The number of rotatable bonds is 4. The number of carboxylic acids is 1. The fourth-order valence-corrected chi connectivity index (χ4v) is 1.87. The van der Waals surface area contributed by atoms with Crippen LogP contribution < -0.4 is 10.6 Å². The number of carbonyl (C=O) groups excluding carboxylic acids is 1. The molecule has 19 heavy (non-hydrogen) atoms. The van der Waals surface area contributed by atoms with Crippen LogP contribution in [0.25, 0.3) is 0 Å². The highest BCUT2D eigenvalue weighted by Crippen LogP contribution is 2.32. The Hall–Kier alpha value is -2.24. The Labute approximate surface area is 110 Å². The number of urea groups is 1. The van der Waals surface area contributed by atoms with Gasteiger partial charge in [-0.1, -0.05) is 0 Å². The first-order chi connectivity index (χ1) is 8.97. The molecule has 0 radical (unpaired) electrons. The van der Waals surface area contributed by atoms with Crippen LogP contribution in [0.15, 0.2) is 18.2 Å². The number of aromatic hydroxyl groups is 1. The van der Waals surface area contributed by atoms with Crippen molar-refractivity contribution in [1.82, 2.24) is 5.32 Å². The average Bonchev–Trinajstić information content (AvgIpc) is 3.15. The van der Waals surface area contributed by atoms with Gasteiger partial charge in [0.2, 0.25) is 0 Å². The monoisotopic (exact) mass is 264 g/mol. The quantitative estimate of drug-likeness (QED) is 0.625. The van der Waals surface area contributed by atoms with E-state index in [1.165, 1.54) is 18.2 Å². The van der Waals surface area contributed by atoms with Gasteiger partial charge in [0.05, 0.1) is 0 Å². The molecule has 1 saturated carbocycles. The van der Waals surface area contributed by atoms with Gasteiger partial charge in [-0.2, -0.15) is 0 Å². The number of carboxylic acid groups (broad SMARTS) is 1. The highest BCUT2D eigenvalue weighted by molar-refractivity contribution is 5.95. The summed E-state index contributed by atoms with van der Waals surface area (Å²) in [6.07, 6.45) is 2.26. The van der Waals surface area contributed by atoms with Crippen LogP contribution in [0.2, 0.25) is 0 Å². The van der Waals surface area contributed by atoms with E-state index in [0.29, 0.717) is 11.6 Å². The normalized spacial score (nSPS) is 15.6. The third kappa shape index (κ3) is 3.37. The Kier molecular flexibility index (Phi) is 3.59. The van der Waals surface area contributed by atoms with Crippen molar-refractivity contribution >= 4 is 17.7 Å². The van der Waals surface area contributed by atoms with Crippen molar-refractivity contribution in [2.45, 2.75) is 25.8 Å². The molecule has 1 aromatic rings. The van der Waals surface area contributed by atoms with Crippen LogP contribution in [0.1, 0.15) is 30.1 Å². The molecular weight excluding hydrogens is 248 g/mol. The van der Waals surface area contributed by atoms with Gasteiger partial charge in [0.25, 0.3) is 0 Å². The Morgan fingerprint density at radius 1 is 1.37 bits per heavy atom. The molecule has 0 bridgehead atoms. The summed E-state index contributed by atoms with van der Waals surface area (Å²) in [6, 6.07) is 3.64. The largest absolute Gasteiger partial charge is 0.507 e. The summed E-state index contributed by atoms with van der Waals surface area (Å²) in [5.74, 6) is -1.03. The highest BCUT2D eigenvalue weighted by atomic mass is 16.4. The minimum atomic E-state index is -1.24. The standard InChI is InChI=1S/C13H16N2O4/c1-7(8-2-3-8)14-13(19)15-9-4-5-11(16)10(6-9)12(17)18/h4-8,16H,2-3H2,1H3,(H,17,18)(H2,14,15,19). The molecule has 1 aromatic carbocycles. The van der Waals surface area contributed by atoms with Crippen LogP contribution in [0.5, 0.6) is 5.75 Å². The molecule has 6 nitrogen and oxygen atoms in total. The Morgan fingerprint density at radius 3 is 2.63 bits per heavy atom. The highest BCUT2D eigenvalue weighted by Gasteiger charge is 2.28. The molecule has 0 aliphatic heterocycles. The molecule has 6 heteroatoms. The van der Waals surface area contributed by atoms with Gasteiger partial charge in [-0.3, -0.25) is 0 Å². The molecule has 1 fully saturated rings. The zero-order chi connectivity index (χ0) is 14.0. The molecule has 1 unspecified atom stereocenters. The van der Waals surface area contributed by atoms with E-state index in [1.54, 1.807) is 0 Å². The van der Waals surface area contributed by atoms with Crippen molar-refractivity contribution in [2.24, 2.45) is 5.92 Å². The molecule has 4 N–H and O–H groups in total. The lowest BCUT2D eigenvalue weighted by Gasteiger charge is -2.14. The van der Waals surface area contributed by atoms with Gasteiger partial charge in [0.15, 0.2) is 0 Å². The first kappa shape index (κ1) is 13.2. The number of benzene rings is 1. The summed E-state index contributed by atoms with van der Waals surface area (Å²) in [5.41, 5.74) is 0.0868. The first-order valence-corrected chi connectivity index (χ1v) is 6.11. The molecule has 1 atom stereocenters. The van der Waals surface area contributed by atoms with Gasteiger partial charge < -0.3 is 20.8 Å². The maximum atomic E-state index is 11.7. The predicted molar refractivity (Wildman–Crippen MR) is 69.4 cm³/mol. The molecule has 0 saturated heterocycles. The number of carbonyl (C=O) groups is 2. The van der Waals surface area contributed by atoms with Crippen LogP contribution in [-0.4, -0.2) is 28.3 Å². The van der Waals surface area contributed by atoms with Crippen LogP contribution >= 0.6 is 0 Å². The third-order valence-electron chi connectivity index (χ3n) is 3.17. The maximum Gasteiger partial charge on any atom is 0.339 e. The van der Waals surface area contributed by atoms with Gasteiger partial charge in [0.1, 0.15) is 11.3 Å². The van der Waals surface area contributed by atoms with Gasteiger partial charge in [-0.25, -0.2) is 9.59 Å². The van der Waals surface area contributed by atoms with Crippen molar-refractivity contribution in [3.05, 3.63) is 23.8 Å². The lowest BCUT2D eigenvalue weighted by Crippen LogP contribution is -2.37. The topological polar surface area (TPSA) is 98.7 Å². The number of hydrogen-bond acceptors (Lipinski definition) is 3. The van der Waals surface area contributed by atoms with Crippen LogP contribution in [0, 0.1) is 5.92 Å². The van der Waals surface area contributed by atoms with E-state index in [1.807, 2.05) is 6.92 Å². The molecule has 1 aliphatic carbocycles. The van der Waals surface area contributed by atoms with Gasteiger partial charge in [0, 0.05) is 11.7 Å². The number of anilines is 1. The molecule has 1 aliphatic rings. The van der Waals surface area contributed by atoms with Crippen LogP contribution in [-0.2, 0) is 0 Å². The summed E-state index contributed by atoms with van der Waals surface area (Å²) in [7, 11) is 0. The van der Waals surface area contributed by atoms with E-state index in [2.05, 4.69) is 10.6 Å². The SMILES string of the molecule is CC(NC(=O)Nc1ccc(O)c(C(=O)O)c1)C1CC1. The fraction of sp³-hybridized carbons (Fsp3) is 0.385. The van der Waals surface area contributed by atoms with E-state index < -0.39 is 5.97 Å². The predicted octanol–water partition coefficient (Wildman–Crippen LogP) is 2.01. The molecule has 0 spiro atoms. The van der Waals surface area contributed by atoms with Crippen molar-refractivity contribution in [1.29, 1.82) is 0 Å². The zero-order valence-electron chi connectivity index (χ0n) is 10.5. The fourth-order valence-electron chi connectivity index (χ4n) is 1.87. The van der Waals surface area contributed by atoms with Crippen molar-refractivity contribution in [3.8, 4) is 5.75 Å². The summed E-state index contributed by atoms with van der Waals surface area (Å²) in [4.78, 5) is 22.5.